The lowest BCUT2D eigenvalue weighted by Crippen LogP contribution is -2.55. The molecule has 1 rings (SSSR count). The SMILES string of the molecule is COc1c(Br)cc(CNC(C)(C)C(C)(C)O)cc1Br. The van der Waals surface area contributed by atoms with Gasteiger partial charge in [0, 0.05) is 12.1 Å². The maximum Gasteiger partial charge on any atom is 0.147 e. The number of rotatable bonds is 5. The number of nitrogens with one attached hydrogen (secondary N) is 1. The van der Waals surface area contributed by atoms with E-state index in [0.717, 1.165) is 20.3 Å². The van der Waals surface area contributed by atoms with Crippen molar-refractivity contribution in [2.75, 3.05) is 7.11 Å². The Morgan fingerprint density at radius 2 is 1.63 bits per heavy atom. The van der Waals surface area contributed by atoms with Crippen molar-refractivity contribution in [2.24, 2.45) is 0 Å². The molecule has 0 saturated carbocycles. The highest BCUT2D eigenvalue weighted by Crippen LogP contribution is 2.34. The summed E-state index contributed by atoms with van der Waals surface area (Å²) >= 11 is 6.97. The first-order chi connectivity index (χ1) is 8.58. The molecule has 0 aromatic heterocycles. The summed E-state index contributed by atoms with van der Waals surface area (Å²) in [7, 11) is 1.64. The van der Waals surface area contributed by atoms with Crippen LogP contribution in [0.1, 0.15) is 33.3 Å². The van der Waals surface area contributed by atoms with E-state index >= 15 is 0 Å². The third-order valence-electron chi connectivity index (χ3n) is 3.53. The monoisotopic (exact) mass is 393 g/mol. The van der Waals surface area contributed by atoms with Crippen LogP contribution < -0.4 is 10.1 Å². The normalized spacial score (nSPS) is 12.6. The summed E-state index contributed by atoms with van der Waals surface area (Å²) in [6.45, 7) is 8.25. The van der Waals surface area contributed by atoms with Crippen molar-refractivity contribution < 1.29 is 9.84 Å². The predicted octanol–water partition coefficient (Wildman–Crippen LogP) is 3.86. The molecule has 0 aliphatic carbocycles. The molecule has 3 nitrogen and oxygen atoms in total. The van der Waals surface area contributed by atoms with Gasteiger partial charge in [0.05, 0.1) is 21.7 Å². The Morgan fingerprint density at radius 3 is 2.00 bits per heavy atom. The van der Waals surface area contributed by atoms with Crippen molar-refractivity contribution in [3.63, 3.8) is 0 Å². The van der Waals surface area contributed by atoms with Gasteiger partial charge in [-0.05, 0) is 77.3 Å². The lowest BCUT2D eigenvalue weighted by Gasteiger charge is -2.38. The van der Waals surface area contributed by atoms with E-state index in [0.29, 0.717) is 6.54 Å². The van der Waals surface area contributed by atoms with Gasteiger partial charge >= 0.3 is 0 Å². The fraction of sp³-hybridized carbons (Fsp3) is 0.571. The van der Waals surface area contributed by atoms with Crippen molar-refractivity contribution in [1.29, 1.82) is 0 Å². The molecule has 0 aliphatic rings. The van der Waals surface area contributed by atoms with E-state index in [1.54, 1.807) is 21.0 Å². The maximum absolute atomic E-state index is 10.1. The van der Waals surface area contributed by atoms with Crippen molar-refractivity contribution in [3.05, 3.63) is 26.6 Å². The van der Waals surface area contributed by atoms with E-state index in [2.05, 4.69) is 37.2 Å². The molecular weight excluding hydrogens is 374 g/mol. The van der Waals surface area contributed by atoms with Gasteiger partial charge in [0.25, 0.3) is 0 Å². The molecule has 5 heteroatoms. The van der Waals surface area contributed by atoms with Gasteiger partial charge in [-0.2, -0.15) is 0 Å². The second-order valence-electron chi connectivity index (χ2n) is 5.63. The van der Waals surface area contributed by atoms with Crippen LogP contribution in [0.4, 0.5) is 0 Å². The molecule has 108 valence electrons. The van der Waals surface area contributed by atoms with Gasteiger partial charge in [0.2, 0.25) is 0 Å². The van der Waals surface area contributed by atoms with Gasteiger partial charge in [-0.3, -0.25) is 0 Å². The minimum absolute atomic E-state index is 0.383. The van der Waals surface area contributed by atoms with Crippen LogP contribution in [-0.2, 0) is 6.54 Å². The van der Waals surface area contributed by atoms with Crippen LogP contribution in [-0.4, -0.2) is 23.4 Å². The van der Waals surface area contributed by atoms with Crippen molar-refractivity contribution >= 4 is 31.9 Å². The third-order valence-corrected chi connectivity index (χ3v) is 4.70. The molecule has 0 unspecified atom stereocenters. The summed E-state index contributed by atoms with van der Waals surface area (Å²) in [5, 5.41) is 13.5. The highest BCUT2D eigenvalue weighted by molar-refractivity contribution is 9.11. The van der Waals surface area contributed by atoms with E-state index in [1.165, 1.54) is 0 Å². The van der Waals surface area contributed by atoms with Crippen LogP contribution in [0, 0.1) is 0 Å². The quantitative estimate of drug-likeness (QED) is 0.796. The molecule has 1 aromatic rings. The zero-order valence-electron chi connectivity index (χ0n) is 12.0. The van der Waals surface area contributed by atoms with Gasteiger partial charge in [-0.25, -0.2) is 0 Å². The van der Waals surface area contributed by atoms with Gasteiger partial charge in [-0.15, -0.1) is 0 Å². The number of hydrogen-bond acceptors (Lipinski definition) is 3. The molecule has 0 saturated heterocycles. The average Bonchev–Trinajstić information content (AvgIpc) is 2.24. The Kier molecular flexibility index (Phi) is 5.46. The molecule has 0 bridgehead atoms. The molecule has 1 aromatic carbocycles. The summed E-state index contributed by atoms with van der Waals surface area (Å²) in [6.07, 6.45) is 0. The molecule has 0 atom stereocenters. The number of ether oxygens (including phenoxy) is 1. The smallest absolute Gasteiger partial charge is 0.147 e. The van der Waals surface area contributed by atoms with Crippen LogP contribution in [0.25, 0.3) is 0 Å². The van der Waals surface area contributed by atoms with Crippen molar-refractivity contribution in [2.45, 2.75) is 45.4 Å². The number of methoxy groups -OCH3 is 1. The van der Waals surface area contributed by atoms with Crippen LogP contribution in [0.5, 0.6) is 5.75 Å². The Hall–Kier alpha value is -0.100. The number of hydrogen-bond donors (Lipinski definition) is 2. The van der Waals surface area contributed by atoms with Crippen LogP contribution in [0.2, 0.25) is 0 Å². The fourth-order valence-electron chi connectivity index (χ4n) is 1.45. The van der Waals surface area contributed by atoms with Crippen molar-refractivity contribution in [3.8, 4) is 5.75 Å². The average molecular weight is 395 g/mol. The lowest BCUT2D eigenvalue weighted by atomic mass is 9.86. The molecule has 0 spiro atoms. The van der Waals surface area contributed by atoms with Gasteiger partial charge in [-0.1, -0.05) is 0 Å². The largest absolute Gasteiger partial charge is 0.494 e. The zero-order valence-corrected chi connectivity index (χ0v) is 15.1. The first-order valence-corrected chi connectivity index (χ1v) is 7.66. The van der Waals surface area contributed by atoms with Crippen molar-refractivity contribution in [1.82, 2.24) is 5.32 Å². The Bertz CT molecular complexity index is 430. The van der Waals surface area contributed by atoms with Gasteiger partial charge in [0.1, 0.15) is 5.75 Å². The molecule has 0 amide bonds. The Balaban J connectivity index is 2.85. The second-order valence-corrected chi connectivity index (χ2v) is 7.34. The van der Waals surface area contributed by atoms with E-state index in [4.69, 9.17) is 4.74 Å². The highest BCUT2D eigenvalue weighted by Gasteiger charge is 2.34. The third kappa shape index (κ3) is 4.18. The standard InChI is InChI=1S/C14H21Br2NO2/c1-13(2,14(3,4)18)17-8-9-6-10(15)12(19-5)11(16)7-9/h6-7,17-18H,8H2,1-5H3. The summed E-state index contributed by atoms with van der Waals surface area (Å²) in [4.78, 5) is 0. The Morgan fingerprint density at radius 1 is 1.16 bits per heavy atom. The Labute approximate surface area is 132 Å². The number of aliphatic hydroxyl groups is 1. The highest BCUT2D eigenvalue weighted by atomic mass is 79.9. The lowest BCUT2D eigenvalue weighted by molar-refractivity contribution is -0.00532. The van der Waals surface area contributed by atoms with E-state index in [9.17, 15) is 5.11 Å². The van der Waals surface area contributed by atoms with Crippen LogP contribution >= 0.6 is 31.9 Å². The summed E-state index contributed by atoms with van der Waals surface area (Å²) < 4.78 is 7.09. The topological polar surface area (TPSA) is 41.5 Å². The molecular formula is C14H21Br2NO2. The van der Waals surface area contributed by atoms with Crippen LogP contribution in [0.3, 0.4) is 0 Å². The molecule has 0 fully saturated rings. The second kappa shape index (κ2) is 6.12. The molecule has 0 aliphatic heterocycles. The fourth-order valence-corrected chi connectivity index (χ4v) is 3.05. The molecule has 2 N–H and O–H groups in total. The zero-order chi connectivity index (χ0) is 14.8. The van der Waals surface area contributed by atoms with E-state index < -0.39 is 5.60 Å². The number of halogens is 2. The minimum Gasteiger partial charge on any atom is -0.494 e. The predicted molar refractivity (Wildman–Crippen MR) is 85.6 cm³/mol. The minimum atomic E-state index is -0.798. The van der Waals surface area contributed by atoms with E-state index in [1.807, 2.05) is 26.0 Å². The number of benzene rings is 1. The molecule has 19 heavy (non-hydrogen) atoms. The molecule has 0 heterocycles. The van der Waals surface area contributed by atoms with Crippen LogP contribution in [0.15, 0.2) is 21.1 Å². The van der Waals surface area contributed by atoms with E-state index in [-0.39, 0.29) is 5.54 Å². The molecule has 0 radical (unpaired) electrons. The first-order valence-electron chi connectivity index (χ1n) is 6.08. The van der Waals surface area contributed by atoms with Gasteiger partial charge < -0.3 is 15.2 Å². The summed E-state index contributed by atoms with van der Waals surface area (Å²) in [6, 6.07) is 4.02. The first kappa shape index (κ1) is 17.0. The summed E-state index contributed by atoms with van der Waals surface area (Å²) in [5.74, 6) is 0.783. The maximum atomic E-state index is 10.1. The van der Waals surface area contributed by atoms with Gasteiger partial charge in [0.15, 0.2) is 0 Å². The summed E-state index contributed by atoms with van der Waals surface area (Å²) in [5.41, 5.74) is -0.0725.